The number of allylic oxidation sites excluding steroid dienone is 2. The van der Waals surface area contributed by atoms with Crippen LogP contribution >= 0.6 is 0 Å². The molecular weight excluding hydrogens is 364 g/mol. The highest BCUT2D eigenvalue weighted by Crippen LogP contribution is 2.38. The van der Waals surface area contributed by atoms with Crippen molar-refractivity contribution >= 4 is 18.2 Å². The van der Waals surface area contributed by atoms with Gasteiger partial charge in [-0.2, -0.15) is 0 Å². The van der Waals surface area contributed by atoms with Gasteiger partial charge >= 0.3 is 5.97 Å². The molecule has 2 atom stereocenters. The van der Waals surface area contributed by atoms with Gasteiger partial charge in [0, 0.05) is 17.0 Å². The Labute approximate surface area is 160 Å². The van der Waals surface area contributed by atoms with Crippen LogP contribution in [-0.4, -0.2) is 41.9 Å². The SMILES string of the molecule is [N-]=[N+]=NCC=CCC(C=O)=C1O[C@@H]2CC(=O)N2C1C(=O)OCc1ccccc1. The predicted molar refractivity (Wildman–Crippen MR) is 97.2 cm³/mol. The summed E-state index contributed by atoms with van der Waals surface area (Å²) in [5.74, 6) is -0.741. The van der Waals surface area contributed by atoms with Gasteiger partial charge in [-0.05, 0) is 17.5 Å². The second kappa shape index (κ2) is 8.88. The van der Waals surface area contributed by atoms with E-state index in [1.54, 1.807) is 12.2 Å². The average molecular weight is 382 g/mol. The third-order valence-corrected chi connectivity index (χ3v) is 4.40. The highest BCUT2D eigenvalue weighted by atomic mass is 16.6. The molecule has 0 bridgehead atoms. The Kier molecular flexibility index (Phi) is 6.08. The first-order valence-electron chi connectivity index (χ1n) is 8.68. The van der Waals surface area contributed by atoms with Crippen molar-refractivity contribution in [2.45, 2.75) is 31.7 Å². The van der Waals surface area contributed by atoms with E-state index < -0.39 is 18.2 Å². The molecule has 3 rings (SSSR count). The highest BCUT2D eigenvalue weighted by Gasteiger charge is 2.55. The minimum atomic E-state index is -1.07. The molecule has 0 radical (unpaired) electrons. The summed E-state index contributed by atoms with van der Waals surface area (Å²) in [6, 6.07) is 8.08. The zero-order valence-electron chi connectivity index (χ0n) is 14.9. The van der Waals surface area contributed by atoms with Gasteiger partial charge in [-0.15, -0.1) is 0 Å². The van der Waals surface area contributed by atoms with Crippen LogP contribution in [0.1, 0.15) is 18.4 Å². The molecule has 0 N–H and O–H groups in total. The van der Waals surface area contributed by atoms with Crippen LogP contribution in [0.15, 0.2) is 58.9 Å². The third kappa shape index (κ3) is 4.05. The number of hydrogen-bond donors (Lipinski definition) is 0. The van der Waals surface area contributed by atoms with Crippen LogP contribution < -0.4 is 0 Å². The monoisotopic (exact) mass is 382 g/mol. The number of aldehydes is 1. The number of rotatable bonds is 8. The van der Waals surface area contributed by atoms with E-state index in [1.165, 1.54) is 4.90 Å². The van der Waals surface area contributed by atoms with Crippen molar-refractivity contribution in [2.24, 2.45) is 5.11 Å². The average Bonchev–Trinajstić information content (AvgIpc) is 3.02. The summed E-state index contributed by atoms with van der Waals surface area (Å²) in [6.45, 7) is 0.202. The lowest BCUT2D eigenvalue weighted by molar-refractivity contribution is -0.166. The molecule has 2 heterocycles. The molecule has 0 aliphatic carbocycles. The van der Waals surface area contributed by atoms with E-state index in [2.05, 4.69) is 10.0 Å². The highest BCUT2D eigenvalue weighted by molar-refractivity contribution is 5.93. The lowest BCUT2D eigenvalue weighted by atomic mass is 10.0. The summed E-state index contributed by atoms with van der Waals surface area (Å²) in [5, 5.41) is 3.36. The van der Waals surface area contributed by atoms with Crippen molar-refractivity contribution in [3.05, 3.63) is 69.8 Å². The van der Waals surface area contributed by atoms with Crippen molar-refractivity contribution in [2.75, 3.05) is 6.54 Å². The Morgan fingerprint density at radius 3 is 2.82 bits per heavy atom. The number of carbonyl (C=O) groups is 3. The number of hydrogen-bond acceptors (Lipinski definition) is 6. The number of amides is 1. The fourth-order valence-corrected chi connectivity index (χ4v) is 3.00. The number of fused-ring (bicyclic) bond motifs is 1. The number of benzene rings is 1. The molecule has 0 spiro atoms. The van der Waals surface area contributed by atoms with Gasteiger partial charge in [-0.25, -0.2) is 4.79 Å². The molecule has 2 fully saturated rings. The smallest absolute Gasteiger partial charge is 0.337 e. The maximum Gasteiger partial charge on any atom is 0.337 e. The van der Waals surface area contributed by atoms with Crippen molar-refractivity contribution in [3.8, 4) is 0 Å². The second-order valence-electron chi connectivity index (χ2n) is 6.17. The number of nitrogens with zero attached hydrogens (tertiary/aromatic N) is 4. The van der Waals surface area contributed by atoms with Crippen LogP contribution in [0, 0.1) is 0 Å². The van der Waals surface area contributed by atoms with E-state index in [0.717, 1.165) is 5.56 Å². The summed E-state index contributed by atoms with van der Waals surface area (Å²) in [7, 11) is 0. The minimum absolute atomic E-state index is 0.0542. The lowest BCUT2D eigenvalue weighted by Crippen LogP contribution is -2.55. The Morgan fingerprint density at radius 2 is 2.14 bits per heavy atom. The molecule has 0 aromatic heterocycles. The molecule has 1 unspecified atom stereocenters. The number of azide groups is 1. The van der Waals surface area contributed by atoms with E-state index in [1.807, 2.05) is 30.3 Å². The number of ether oxygens (including phenoxy) is 2. The van der Waals surface area contributed by atoms with Crippen LogP contribution in [0.3, 0.4) is 0 Å². The number of esters is 1. The summed E-state index contributed by atoms with van der Waals surface area (Å²) in [4.78, 5) is 40.1. The Bertz CT molecular complexity index is 874. The summed E-state index contributed by atoms with van der Waals surface area (Å²) >= 11 is 0. The van der Waals surface area contributed by atoms with E-state index >= 15 is 0 Å². The van der Waals surface area contributed by atoms with Crippen LogP contribution in [0.5, 0.6) is 0 Å². The lowest BCUT2D eigenvalue weighted by Gasteiger charge is -2.33. The van der Waals surface area contributed by atoms with Gasteiger partial charge in [0.1, 0.15) is 18.7 Å². The van der Waals surface area contributed by atoms with Gasteiger partial charge in [0.15, 0.2) is 12.3 Å². The quantitative estimate of drug-likeness (QED) is 0.0998. The summed E-state index contributed by atoms with van der Waals surface area (Å²) in [6.07, 6.45) is 3.61. The molecule has 0 saturated carbocycles. The maximum absolute atomic E-state index is 12.7. The van der Waals surface area contributed by atoms with E-state index in [9.17, 15) is 14.4 Å². The second-order valence-corrected chi connectivity index (χ2v) is 6.17. The van der Waals surface area contributed by atoms with Gasteiger partial charge in [0.2, 0.25) is 5.91 Å². The van der Waals surface area contributed by atoms with Gasteiger partial charge in [0.25, 0.3) is 0 Å². The normalized spacial score (nSPS) is 22.0. The first kappa shape index (κ1) is 19.2. The molecule has 2 aliphatic heterocycles. The first-order chi connectivity index (χ1) is 13.7. The Hall–Kier alpha value is -3.58. The molecule has 2 aliphatic rings. The molecule has 9 heteroatoms. The van der Waals surface area contributed by atoms with E-state index in [-0.39, 0.29) is 43.2 Å². The maximum atomic E-state index is 12.7. The van der Waals surface area contributed by atoms with Crippen molar-refractivity contribution in [3.63, 3.8) is 0 Å². The predicted octanol–water partition coefficient (Wildman–Crippen LogP) is 2.40. The summed E-state index contributed by atoms with van der Waals surface area (Å²) in [5.41, 5.74) is 9.31. The van der Waals surface area contributed by atoms with Crippen molar-refractivity contribution in [1.82, 2.24) is 4.90 Å². The standard InChI is InChI=1S/C19H18N4O5/c20-22-21-9-5-4-8-14(11-24)18-17(23-15(25)10-16(23)28-18)19(26)27-12-13-6-2-1-3-7-13/h1-7,11,16-17H,8-10,12H2/t16-,17?/m1/s1. The molecule has 2 saturated heterocycles. The molecule has 144 valence electrons. The fraction of sp³-hybridized carbons (Fsp3) is 0.316. The molecule has 1 amide bonds. The summed E-state index contributed by atoms with van der Waals surface area (Å²) < 4.78 is 11.0. The molecule has 1 aromatic rings. The topological polar surface area (TPSA) is 122 Å². The van der Waals surface area contributed by atoms with E-state index in [0.29, 0.717) is 6.29 Å². The van der Waals surface area contributed by atoms with Crippen LogP contribution in [0.4, 0.5) is 0 Å². The van der Waals surface area contributed by atoms with Gasteiger partial charge in [-0.3, -0.25) is 14.5 Å². The molecule has 1 aromatic carbocycles. The Morgan fingerprint density at radius 1 is 1.36 bits per heavy atom. The largest absolute Gasteiger partial charge is 0.471 e. The Balaban J connectivity index is 1.77. The first-order valence-corrected chi connectivity index (χ1v) is 8.68. The molecular formula is C19H18N4O5. The number of β-lactam (4-membered cyclic amide) rings is 1. The molecule has 28 heavy (non-hydrogen) atoms. The molecule has 9 nitrogen and oxygen atoms in total. The fourth-order valence-electron chi connectivity index (χ4n) is 3.00. The van der Waals surface area contributed by atoms with Crippen molar-refractivity contribution < 1.29 is 23.9 Å². The van der Waals surface area contributed by atoms with Crippen LogP contribution in [0.2, 0.25) is 0 Å². The van der Waals surface area contributed by atoms with Gasteiger partial charge < -0.3 is 9.47 Å². The number of carbonyl (C=O) groups excluding carboxylic acids is 3. The zero-order chi connectivity index (χ0) is 19.9. The minimum Gasteiger partial charge on any atom is -0.471 e. The van der Waals surface area contributed by atoms with Crippen molar-refractivity contribution in [1.29, 1.82) is 0 Å². The van der Waals surface area contributed by atoms with Crippen LogP contribution in [-0.2, 0) is 30.5 Å². The zero-order valence-corrected chi connectivity index (χ0v) is 14.9. The van der Waals surface area contributed by atoms with Crippen LogP contribution in [0.25, 0.3) is 10.4 Å². The third-order valence-electron chi connectivity index (χ3n) is 4.40. The van der Waals surface area contributed by atoms with Gasteiger partial charge in [0.05, 0.1) is 6.42 Å². The van der Waals surface area contributed by atoms with E-state index in [4.69, 9.17) is 15.0 Å². The van der Waals surface area contributed by atoms with Gasteiger partial charge in [-0.1, -0.05) is 47.6 Å².